The van der Waals surface area contributed by atoms with Crippen molar-refractivity contribution in [3.63, 3.8) is 0 Å². The predicted molar refractivity (Wildman–Crippen MR) is 253 cm³/mol. The number of anilines is 3. The molecule has 1 heteroatoms. The normalized spacial score (nSPS) is 21.3. The van der Waals surface area contributed by atoms with Crippen LogP contribution >= 0.6 is 0 Å². The summed E-state index contributed by atoms with van der Waals surface area (Å²) in [5.41, 5.74) is 19.4. The summed E-state index contributed by atoms with van der Waals surface area (Å²) in [5, 5.41) is 0. The van der Waals surface area contributed by atoms with E-state index in [-0.39, 0.29) is 5.41 Å². The molecule has 0 aromatic heterocycles. The van der Waals surface area contributed by atoms with E-state index in [0.717, 1.165) is 28.9 Å². The highest BCUT2D eigenvalue weighted by atomic mass is 15.1. The van der Waals surface area contributed by atoms with Crippen molar-refractivity contribution in [1.82, 2.24) is 0 Å². The van der Waals surface area contributed by atoms with E-state index in [1.807, 2.05) is 0 Å². The second-order valence-electron chi connectivity index (χ2n) is 17.9. The Bertz CT molecular complexity index is 2720. The number of hydrogen-bond donors (Lipinski definition) is 0. The molecule has 8 aromatic rings. The molecule has 60 heavy (non-hydrogen) atoms. The maximum Gasteiger partial charge on any atom is 0.0467 e. The minimum Gasteiger partial charge on any atom is -0.310 e. The van der Waals surface area contributed by atoms with Gasteiger partial charge in [-0.3, -0.25) is 0 Å². The molecule has 0 radical (unpaired) electrons. The molecule has 2 saturated carbocycles. The smallest absolute Gasteiger partial charge is 0.0467 e. The van der Waals surface area contributed by atoms with E-state index in [1.165, 1.54) is 81.3 Å². The zero-order valence-corrected chi connectivity index (χ0v) is 34.6. The van der Waals surface area contributed by atoms with Crippen LogP contribution in [-0.2, 0) is 5.41 Å². The Kier molecular flexibility index (Phi) is 9.15. The Morgan fingerprint density at radius 3 is 1.58 bits per heavy atom. The first-order chi connectivity index (χ1) is 29.5. The van der Waals surface area contributed by atoms with E-state index in [9.17, 15) is 0 Å². The van der Waals surface area contributed by atoms with Gasteiger partial charge in [0.1, 0.15) is 0 Å². The fourth-order valence-electron chi connectivity index (χ4n) is 12.0. The number of rotatable bonds is 7. The standard InChI is InChI=1S/C59H51N/c1-40-34-42-36-41(2)59(50(35-40)37-42)56-24-10-9-22-55(56)58-54(23-13-25-57(58)59)49-20-11-18-47(38-49)48-19-12-21-53(39-48)60(51-30-26-45(27-31-51)43-14-5-3-6-15-43)52-32-28-46(29-33-52)44-16-7-4-8-17-44/h3-33,38-42,50H,34-37H2,1-2H3. The second-order valence-corrected chi connectivity index (χ2v) is 17.9. The lowest BCUT2D eigenvalue weighted by molar-refractivity contribution is 0.0426. The molecule has 8 aromatic carbocycles. The third kappa shape index (κ3) is 6.14. The van der Waals surface area contributed by atoms with Crippen molar-refractivity contribution in [2.75, 3.05) is 4.90 Å². The van der Waals surface area contributed by atoms with Crippen LogP contribution in [0.4, 0.5) is 17.1 Å². The van der Waals surface area contributed by atoms with E-state index in [0.29, 0.717) is 11.8 Å². The first-order valence-corrected chi connectivity index (χ1v) is 22.1. The number of hydrogen-bond acceptors (Lipinski definition) is 1. The second kappa shape index (κ2) is 15.0. The molecule has 0 heterocycles. The van der Waals surface area contributed by atoms with Crippen molar-refractivity contribution in [3.05, 3.63) is 211 Å². The average molecular weight is 774 g/mol. The van der Waals surface area contributed by atoms with Gasteiger partial charge in [0.15, 0.2) is 0 Å². The Morgan fingerprint density at radius 2 is 0.900 bits per heavy atom. The lowest BCUT2D eigenvalue weighted by Crippen LogP contribution is -2.49. The summed E-state index contributed by atoms with van der Waals surface area (Å²) >= 11 is 0. The predicted octanol–water partition coefficient (Wildman–Crippen LogP) is 16.2. The van der Waals surface area contributed by atoms with Crippen molar-refractivity contribution in [1.29, 1.82) is 0 Å². The van der Waals surface area contributed by atoms with Crippen LogP contribution in [0.2, 0.25) is 0 Å². The maximum absolute atomic E-state index is 2.57. The number of fused-ring (bicyclic) bond motifs is 8. The van der Waals surface area contributed by atoms with Crippen molar-refractivity contribution in [2.24, 2.45) is 23.7 Å². The van der Waals surface area contributed by atoms with Crippen LogP contribution < -0.4 is 4.90 Å². The molecule has 0 amide bonds. The molecular formula is C59H51N. The zero-order valence-electron chi connectivity index (χ0n) is 34.6. The zero-order chi connectivity index (χ0) is 40.2. The molecule has 0 N–H and O–H groups in total. The van der Waals surface area contributed by atoms with Crippen LogP contribution in [0, 0.1) is 23.7 Å². The van der Waals surface area contributed by atoms with E-state index >= 15 is 0 Å². The summed E-state index contributed by atoms with van der Waals surface area (Å²) in [4.78, 5) is 2.39. The molecule has 0 aliphatic heterocycles. The Labute approximate surface area is 356 Å². The monoisotopic (exact) mass is 773 g/mol. The van der Waals surface area contributed by atoms with Gasteiger partial charge in [0.05, 0.1) is 0 Å². The van der Waals surface area contributed by atoms with Gasteiger partial charge in [-0.2, -0.15) is 0 Å². The topological polar surface area (TPSA) is 3.24 Å². The molecule has 2 fully saturated rings. The lowest BCUT2D eigenvalue weighted by Gasteiger charge is -2.54. The molecule has 292 valence electrons. The molecule has 1 nitrogen and oxygen atoms in total. The van der Waals surface area contributed by atoms with Gasteiger partial charge in [-0.25, -0.2) is 0 Å². The summed E-state index contributed by atoms with van der Waals surface area (Å²) in [7, 11) is 0. The van der Waals surface area contributed by atoms with Gasteiger partial charge < -0.3 is 4.90 Å². The fraction of sp³-hybridized carbons (Fsp3) is 0.186. The van der Waals surface area contributed by atoms with Gasteiger partial charge in [-0.1, -0.05) is 172 Å². The van der Waals surface area contributed by atoms with Gasteiger partial charge in [-0.05, 0) is 159 Å². The maximum atomic E-state index is 2.57. The highest BCUT2D eigenvalue weighted by Gasteiger charge is 2.56. The molecule has 11 rings (SSSR count). The van der Waals surface area contributed by atoms with Crippen LogP contribution in [0.3, 0.4) is 0 Å². The first kappa shape index (κ1) is 36.6. The van der Waals surface area contributed by atoms with E-state index in [4.69, 9.17) is 0 Å². The highest BCUT2D eigenvalue weighted by molar-refractivity contribution is 5.94. The summed E-state index contributed by atoms with van der Waals surface area (Å²) in [6.07, 6.45) is 5.42. The SMILES string of the molecule is CC1CC2CC(C)C3(c4ccccc4-c4c(-c5cccc(-c6cccc(N(c7ccc(-c8ccccc8)cc7)c7ccc(-c8ccccc8)cc7)c6)c5)cccc43)C(C1)C2. The van der Waals surface area contributed by atoms with E-state index in [2.05, 4.69) is 219 Å². The summed E-state index contributed by atoms with van der Waals surface area (Å²) in [6, 6.07) is 74.3. The van der Waals surface area contributed by atoms with Crippen LogP contribution in [0.15, 0.2) is 200 Å². The Hall–Kier alpha value is -6.44. The van der Waals surface area contributed by atoms with Crippen molar-refractivity contribution in [2.45, 2.75) is 44.9 Å². The molecule has 1 spiro atoms. The van der Waals surface area contributed by atoms with Crippen molar-refractivity contribution >= 4 is 17.1 Å². The van der Waals surface area contributed by atoms with Crippen molar-refractivity contribution < 1.29 is 0 Å². The van der Waals surface area contributed by atoms with Gasteiger partial charge in [0, 0.05) is 22.5 Å². The number of nitrogens with zero attached hydrogens (tertiary/aromatic N) is 1. The molecule has 2 bridgehead atoms. The highest BCUT2D eigenvalue weighted by Crippen LogP contribution is 2.65. The summed E-state index contributed by atoms with van der Waals surface area (Å²) in [5.74, 6) is 2.97. The molecular weight excluding hydrogens is 723 g/mol. The van der Waals surface area contributed by atoms with E-state index in [1.54, 1.807) is 11.1 Å². The van der Waals surface area contributed by atoms with Crippen LogP contribution in [-0.4, -0.2) is 0 Å². The average Bonchev–Trinajstić information content (AvgIpc) is 3.61. The Morgan fingerprint density at radius 1 is 0.383 bits per heavy atom. The minimum absolute atomic E-state index is 0.0844. The molecule has 3 aliphatic carbocycles. The summed E-state index contributed by atoms with van der Waals surface area (Å²) < 4.78 is 0. The van der Waals surface area contributed by atoms with E-state index < -0.39 is 0 Å². The number of benzene rings is 8. The van der Waals surface area contributed by atoms with Gasteiger partial charge in [-0.15, -0.1) is 0 Å². The quantitative estimate of drug-likeness (QED) is 0.156. The third-order valence-electron chi connectivity index (χ3n) is 14.4. The van der Waals surface area contributed by atoms with Gasteiger partial charge in [0.2, 0.25) is 0 Å². The third-order valence-corrected chi connectivity index (χ3v) is 14.4. The van der Waals surface area contributed by atoms with Crippen LogP contribution in [0.25, 0.3) is 55.6 Å². The Balaban J connectivity index is 0.993. The molecule has 5 unspecified atom stereocenters. The lowest BCUT2D eigenvalue weighted by atomic mass is 9.49. The first-order valence-electron chi connectivity index (χ1n) is 22.1. The van der Waals surface area contributed by atoms with Crippen LogP contribution in [0.1, 0.15) is 50.7 Å². The molecule has 0 saturated heterocycles. The summed E-state index contributed by atoms with van der Waals surface area (Å²) in [6.45, 7) is 5.07. The molecule has 3 aliphatic rings. The van der Waals surface area contributed by atoms with Gasteiger partial charge in [0.25, 0.3) is 0 Å². The fourth-order valence-corrected chi connectivity index (χ4v) is 12.0. The largest absolute Gasteiger partial charge is 0.310 e. The van der Waals surface area contributed by atoms with Crippen LogP contribution in [0.5, 0.6) is 0 Å². The molecule has 5 atom stereocenters. The van der Waals surface area contributed by atoms with Crippen molar-refractivity contribution in [3.8, 4) is 55.6 Å². The minimum atomic E-state index is 0.0844. The van der Waals surface area contributed by atoms with Gasteiger partial charge >= 0.3 is 0 Å².